The number of hydrogen-bond donors (Lipinski definition) is 3. The summed E-state index contributed by atoms with van der Waals surface area (Å²) in [6.45, 7) is 3.22. The molecule has 0 radical (unpaired) electrons. The molecule has 0 atom stereocenters. The van der Waals surface area contributed by atoms with Crippen LogP contribution in [0.25, 0.3) is 10.2 Å². The second kappa shape index (κ2) is 6.68. The first-order valence-corrected chi connectivity index (χ1v) is 7.47. The second-order valence-electron chi connectivity index (χ2n) is 4.43. The number of nitrogens with two attached hydrogens (primary N) is 1. The third kappa shape index (κ3) is 3.54. The van der Waals surface area contributed by atoms with E-state index in [-0.39, 0.29) is 6.61 Å². The van der Waals surface area contributed by atoms with Crippen LogP contribution < -0.4 is 11.1 Å². The van der Waals surface area contributed by atoms with Crippen LogP contribution in [0.15, 0.2) is 6.07 Å². The van der Waals surface area contributed by atoms with E-state index in [9.17, 15) is 0 Å². The van der Waals surface area contributed by atoms with Crippen molar-refractivity contribution in [1.29, 1.82) is 0 Å². The number of rotatable bonds is 7. The summed E-state index contributed by atoms with van der Waals surface area (Å²) in [7, 11) is 0. The molecular weight excluding hydrogens is 260 g/mol. The van der Waals surface area contributed by atoms with Gasteiger partial charge >= 0.3 is 0 Å². The molecule has 0 aromatic carbocycles. The van der Waals surface area contributed by atoms with Gasteiger partial charge < -0.3 is 16.2 Å². The quantitative estimate of drug-likeness (QED) is 0.678. The number of nitrogen functional groups attached to an aromatic ring is 1. The Morgan fingerprint density at radius 2 is 2.16 bits per heavy atom. The summed E-state index contributed by atoms with van der Waals surface area (Å²) in [6.07, 6.45) is 3.87. The van der Waals surface area contributed by atoms with E-state index in [0.717, 1.165) is 48.3 Å². The number of aliphatic hydroxyl groups excluding tert-OH is 1. The maximum absolute atomic E-state index is 8.73. The molecule has 2 heterocycles. The number of aryl methyl sites for hydroxylation is 1. The van der Waals surface area contributed by atoms with Crippen molar-refractivity contribution in [3.05, 3.63) is 10.9 Å². The number of aromatic nitrogens is 2. The Morgan fingerprint density at radius 1 is 1.32 bits per heavy atom. The Balaban J connectivity index is 2.10. The largest absolute Gasteiger partial charge is 0.396 e. The predicted molar refractivity (Wildman–Crippen MR) is 80.6 cm³/mol. The standard InChI is InChI=1S/C13H20N4OS/c1-2-9-8-10-11(15-6-4-3-5-7-18)16-13(14)17-12(10)19-9/h8,18H,2-7H2,1H3,(H3,14,15,16,17). The van der Waals surface area contributed by atoms with Crippen molar-refractivity contribution < 1.29 is 5.11 Å². The van der Waals surface area contributed by atoms with Crippen LogP contribution in [0.1, 0.15) is 31.1 Å². The number of thiophene rings is 1. The van der Waals surface area contributed by atoms with Gasteiger partial charge in [0, 0.05) is 18.0 Å². The Kier molecular flexibility index (Phi) is 4.93. The molecule has 0 amide bonds. The van der Waals surface area contributed by atoms with Crippen LogP contribution >= 0.6 is 11.3 Å². The summed E-state index contributed by atoms with van der Waals surface area (Å²) < 4.78 is 0. The molecule has 0 aliphatic rings. The van der Waals surface area contributed by atoms with Crippen LogP contribution in [0.3, 0.4) is 0 Å². The van der Waals surface area contributed by atoms with Crippen molar-refractivity contribution in [2.24, 2.45) is 0 Å². The smallest absolute Gasteiger partial charge is 0.223 e. The SMILES string of the molecule is CCc1cc2c(NCCCCCO)nc(N)nc2s1. The van der Waals surface area contributed by atoms with Gasteiger partial charge in [0.25, 0.3) is 0 Å². The van der Waals surface area contributed by atoms with Crippen molar-refractivity contribution in [2.75, 3.05) is 24.2 Å². The summed E-state index contributed by atoms with van der Waals surface area (Å²) in [5.74, 6) is 1.14. The molecule has 0 spiro atoms. The second-order valence-corrected chi connectivity index (χ2v) is 5.54. The normalized spacial score (nSPS) is 11.1. The van der Waals surface area contributed by atoms with Crippen LogP contribution in [0.2, 0.25) is 0 Å². The number of anilines is 2. The highest BCUT2D eigenvalue weighted by atomic mass is 32.1. The van der Waals surface area contributed by atoms with Gasteiger partial charge in [-0.3, -0.25) is 0 Å². The maximum Gasteiger partial charge on any atom is 0.223 e. The lowest BCUT2D eigenvalue weighted by atomic mass is 10.2. The molecule has 0 unspecified atom stereocenters. The third-order valence-electron chi connectivity index (χ3n) is 2.94. The number of nitrogens with one attached hydrogen (secondary N) is 1. The Hall–Kier alpha value is -1.40. The van der Waals surface area contributed by atoms with Gasteiger partial charge in [0.15, 0.2) is 0 Å². The summed E-state index contributed by atoms with van der Waals surface area (Å²) >= 11 is 1.67. The van der Waals surface area contributed by atoms with E-state index in [2.05, 4.69) is 28.3 Å². The number of fused-ring (bicyclic) bond motifs is 1. The molecule has 0 aliphatic carbocycles. The molecule has 0 bridgehead atoms. The van der Waals surface area contributed by atoms with Gasteiger partial charge in [-0.05, 0) is 31.7 Å². The van der Waals surface area contributed by atoms with Crippen LogP contribution in [-0.4, -0.2) is 28.2 Å². The van der Waals surface area contributed by atoms with Crippen molar-refractivity contribution in [3.8, 4) is 0 Å². The van der Waals surface area contributed by atoms with Crippen molar-refractivity contribution in [2.45, 2.75) is 32.6 Å². The van der Waals surface area contributed by atoms with E-state index >= 15 is 0 Å². The average Bonchev–Trinajstić information content (AvgIpc) is 2.81. The molecule has 2 rings (SSSR count). The van der Waals surface area contributed by atoms with Gasteiger partial charge in [-0.25, -0.2) is 4.98 Å². The van der Waals surface area contributed by atoms with Gasteiger partial charge in [0.05, 0.1) is 5.39 Å². The van der Waals surface area contributed by atoms with Crippen LogP contribution in [0.4, 0.5) is 11.8 Å². The first kappa shape index (κ1) is 14.0. The lowest BCUT2D eigenvalue weighted by Gasteiger charge is -2.06. The number of aliphatic hydroxyl groups is 1. The predicted octanol–water partition coefficient (Wildman–Crippen LogP) is 2.41. The summed E-state index contributed by atoms with van der Waals surface area (Å²) in [5.41, 5.74) is 5.74. The minimum Gasteiger partial charge on any atom is -0.396 e. The highest BCUT2D eigenvalue weighted by molar-refractivity contribution is 7.18. The topological polar surface area (TPSA) is 84.1 Å². The minimum atomic E-state index is 0.259. The zero-order valence-corrected chi connectivity index (χ0v) is 12.0. The maximum atomic E-state index is 8.73. The number of nitrogens with zero attached hydrogens (tertiary/aromatic N) is 2. The van der Waals surface area contributed by atoms with Gasteiger partial charge in [0.1, 0.15) is 10.6 Å². The Labute approximate surface area is 116 Å². The molecular formula is C13H20N4OS. The Bertz CT molecular complexity index is 541. The van der Waals surface area contributed by atoms with Crippen molar-refractivity contribution in [1.82, 2.24) is 9.97 Å². The molecule has 0 fully saturated rings. The van der Waals surface area contributed by atoms with E-state index < -0.39 is 0 Å². The monoisotopic (exact) mass is 280 g/mol. The molecule has 2 aromatic rings. The highest BCUT2D eigenvalue weighted by Crippen LogP contribution is 2.29. The van der Waals surface area contributed by atoms with Gasteiger partial charge in [0.2, 0.25) is 5.95 Å². The van der Waals surface area contributed by atoms with E-state index in [1.165, 1.54) is 4.88 Å². The summed E-state index contributed by atoms with van der Waals surface area (Å²) in [4.78, 5) is 10.8. The van der Waals surface area contributed by atoms with E-state index in [1.54, 1.807) is 11.3 Å². The third-order valence-corrected chi connectivity index (χ3v) is 4.11. The molecule has 0 saturated heterocycles. The number of hydrogen-bond acceptors (Lipinski definition) is 6. The van der Waals surface area contributed by atoms with Crippen LogP contribution in [-0.2, 0) is 6.42 Å². The van der Waals surface area contributed by atoms with E-state index in [4.69, 9.17) is 10.8 Å². The van der Waals surface area contributed by atoms with E-state index in [1.807, 2.05) is 0 Å². The fourth-order valence-electron chi connectivity index (χ4n) is 1.92. The van der Waals surface area contributed by atoms with Gasteiger partial charge in [-0.2, -0.15) is 4.98 Å². The zero-order valence-electron chi connectivity index (χ0n) is 11.1. The number of unbranched alkanes of at least 4 members (excludes halogenated alkanes) is 2. The fraction of sp³-hybridized carbons (Fsp3) is 0.538. The lowest BCUT2D eigenvalue weighted by Crippen LogP contribution is -2.06. The van der Waals surface area contributed by atoms with Gasteiger partial charge in [-0.1, -0.05) is 6.92 Å². The van der Waals surface area contributed by atoms with Gasteiger partial charge in [-0.15, -0.1) is 11.3 Å². The van der Waals surface area contributed by atoms with E-state index in [0.29, 0.717) is 5.95 Å². The van der Waals surface area contributed by atoms with Crippen LogP contribution in [0, 0.1) is 0 Å². The average molecular weight is 280 g/mol. The molecule has 19 heavy (non-hydrogen) atoms. The van der Waals surface area contributed by atoms with Crippen molar-refractivity contribution >= 4 is 33.3 Å². The minimum absolute atomic E-state index is 0.259. The highest BCUT2D eigenvalue weighted by Gasteiger charge is 2.09. The molecule has 4 N–H and O–H groups in total. The fourth-order valence-corrected chi connectivity index (χ4v) is 2.89. The first-order chi connectivity index (χ1) is 9.24. The lowest BCUT2D eigenvalue weighted by molar-refractivity contribution is 0.283. The summed E-state index contributed by atoms with van der Waals surface area (Å²) in [6, 6.07) is 2.13. The molecule has 104 valence electrons. The zero-order chi connectivity index (χ0) is 13.7. The van der Waals surface area contributed by atoms with Crippen molar-refractivity contribution in [3.63, 3.8) is 0 Å². The molecule has 6 heteroatoms. The molecule has 0 saturated carbocycles. The first-order valence-electron chi connectivity index (χ1n) is 6.65. The summed E-state index contributed by atoms with van der Waals surface area (Å²) in [5, 5.41) is 13.1. The molecule has 0 aliphatic heterocycles. The molecule has 2 aromatic heterocycles. The Morgan fingerprint density at radius 3 is 2.89 bits per heavy atom. The van der Waals surface area contributed by atoms with Crippen LogP contribution in [0.5, 0.6) is 0 Å². The molecule has 5 nitrogen and oxygen atoms in total.